The molecule has 0 saturated carbocycles. The first-order valence-corrected chi connectivity index (χ1v) is 25.0. The number of para-hydroxylation sites is 4. The Morgan fingerprint density at radius 1 is 0.588 bits per heavy atom. The number of allylic oxidation sites excluding steroid dienone is 5. The highest BCUT2D eigenvalue weighted by molar-refractivity contribution is 6.21. The van der Waals surface area contributed by atoms with Crippen LogP contribution in [0.15, 0.2) is 136 Å². The van der Waals surface area contributed by atoms with E-state index in [1.807, 2.05) is 0 Å². The Hall–Kier alpha value is -7.57. The summed E-state index contributed by atoms with van der Waals surface area (Å²) in [5.74, 6) is 0.988. The first-order chi connectivity index (χ1) is 33.7. The molecule has 0 radical (unpaired) electrons. The SMILES string of the molecule is C1=Cc2c(c3c(n2-c2ccccc2)=CCC(n2c4c(c5ccccc52)C=C(C2=Cc5c6c(n(C7N=C(c8cccc9c%10c(oc89)C=CCC%10)c8ccccc8N7)c5CC2)CCC=C6)CC4)C=3)CC1. The summed E-state index contributed by atoms with van der Waals surface area (Å²) in [6, 6.07) is 35.6. The lowest BCUT2D eigenvalue weighted by atomic mass is 9.84. The fourth-order valence-corrected chi connectivity index (χ4v) is 13.1. The fourth-order valence-electron chi connectivity index (χ4n) is 13.1. The second kappa shape index (κ2) is 15.0. The van der Waals surface area contributed by atoms with Crippen molar-refractivity contribution in [2.24, 2.45) is 4.99 Å². The van der Waals surface area contributed by atoms with E-state index in [1.54, 1.807) is 0 Å². The smallest absolute Gasteiger partial charge is 0.201 e. The van der Waals surface area contributed by atoms with Gasteiger partial charge in [-0.2, -0.15) is 0 Å². The summed E-state index contributed by atoms with van der Waals surface area (Å²) in [5.41, 5.74) is 23.3. The number of aromatic nitrogens is 3. The summed E-state index contributed by atoms with van der Waals surface area (Å²) >= 11 is 0. The van der Waals surface area contributed by atoms with Crippen LogP contribution in [0.25, 0.3) is 70.1 Å². The van der Waals surface area contributed by atoms with Crippen LogP contribution in [0.3, 0.4) is 0 Å². The molecule has 7 aliphatic rings. The first-order valence-electron chi connectivity index (χ1n) is 25.0. The van der Waals surface area contributed by atoms with Crippen LogP contribution in [0.1, 0.15) is 118 Å². The van der Waals surface area contributed by atoms with Crippen LogP contribution >= 0.6 is 0 Å². The predicted octanol–water partition coefficient (Wildman–Crippen LogP) is 12.8. The molecule has 0 saturated heterocycles. The van der Waals surface area contributed by atoms with Gasteiger partial charge >= 0.3 is 0 Å². The van der Waals surface area contributed by atoms with Crippen molar-refractivity contribution in [1.29, 1.82) is 0 Å². The summed E-state index contributed by atoms with van der Waals surface area (Å²) in [7, 11) is 0. The zero-order valence-corrected chi connectivity index (χ0v) is 38.1. The molecule has 0 spiro atoms. The van der Waals surface area contributed by atoms with E-state index in [9.17, 15) is 0 Å². The molecule has 1 N–H and O–H groups in total. The third-order valence-electron chi connectivity index (χ3n) is 16.1. The number of aliphatic imine (C=N–C) groups is 1. The Morgan fingerprint density at radius 3 is 2.22 bits per heavy atom. The molecule has 5 heterocycles. The Morgan fingerprint density at radius 2 is 1.31 bits per heavy atom. The van der Waals surface area contributed by atoms with E-state index in [4.69, 9.17) is 9.41 Å². The lowest BCUT2D eigenvalue weighted by molar-refractivity contribution is 0.536. The third-order valence-corrected chi connectivity index (χ3v) is 16.1. The molecule has 0 bridgehead atoms. The van der Waals surface area contributed by atoms with E-state index in [0.717, 1.165) is 104 Å². The van der Waals surface area contributed by atoms with E-state index < -0.39 is 0 Å². The van der Waals surface area contributed by atoms with Crippen LogP contribution in [-0.4, -0.2) is 19.4 Å². The quantitative estimate of drug-likeness (QED) is 0.187. The molecule has 15 rings (SSSR count). The van der Waals surface area contributed by atoms with Crippen LogP contribution < -0.4 is 15.9 Å². The maximum atomic E-state index is 6.67. The second-order valence-corrected chi connectivity index (χ2v) is 19.7. The molecule has 1 aliphatic heterocycles. The van der Waals surface area contributed by atoms with Crippen molar-refractivity contribution in [3.8, 4) is 5.69 Å². The van der Waals surface area contributed by atoms with E-state index in [1.165, 1.54) is 94.3 Å². The van der Waals surface area contributed by atoms with Gasteiger partial charge in [0.1, 0.15) is 11.3 Å². The number of furan rings is 1. The van der Waals surface area contributed by atoms with Crippen LogP contribution in [0.4, 0.5) is 5.69 Å². The molecule has 68 heavy (non-hydrogen) atoms. The number of hydrogen-bond acceptors (Lipinski definition) is 3. The van der Waals surface area contributed by atoms with Crippen molar-refractivity contribution in [1.82, 2.24) is 13.7 Å². The van der Waals surface area contributed by atoms with Gasteiger partial charge < -0.3 is 23.4 Å². The standard InChI is InChI=1S/C62H51N5O/c1-2-15-40(16-3-1)65-53-25-10-6-19-44(53)51-37-41(31-34-57(51)65)66-54-26-11-5-17-42(54)49-35-38(29-32-56(49)66)39-30-33-58-50(36-39)43-18-7-12-27-55(43)67(58)62-63-52-24-9-4-21-47(52)60(64-62)48-23-14-22-46-45-20-8-13-28-59(45)68-61(46)48/h1-5,7,9-11,13-18,21-26,28,34-37,41,62-63H,6,8,12,19-20,27,29-33H2. The largest absolute Gasteiger partial charge is 0.456 e. The Balaban J connectivity index is 0.824. The lowest BCUT2D eigenvalue weighted by Crippen LogP contribution is -2.34. The number of hydrogen-bond donors (Lipinski definition) is 1. The minimum Gasteiger partial charge on any atom is -0.456 e. The average molecular weight is 882 g/mol. The van der Waals surface area contributed by atoms with Gasteiger partial charge in [0.2, 0.25) is 6.29 Å². The summed E-state index contributed by atoms with van der Waals surface area (Å²) in [6.07, 6.45) is 35.1. The summed E-state index contributed by atoms with van der Waals surface area (Å²) in [5, 5.41) is 9.28. The predicted molar refractivity (Wildman–Crippen MR) is 280 cm³/mol. The maximum absolute atomic E-state index is 6.67. The van der Waals surface area contributed by atoms with Crippen molar-refractivity contribution in [3.05, 3.63) is 204 Å². The molecular formula is C62H51N5O. The monoisotopic (exact) mass is 881 g/mol. The highest BCUT2D eigenvalue weighted by atomic mass is 16.3. The van der Waals surface area contributed by atoms with Gasteiger partial charge in [-0.05, 0) is 142 Å². The molecule has 330 valence electrons. The van der Waals surface area contributed by atoms with Gasteiger partial charge in [0.15, 0.2) is 0 Å². The molecule has 2 atom stereocenters. The number of aryl methyl sites for hydroxylation is 1. The van der Waals surface area contributed by atoms with Crippen molar-refractivity contribution >= 4 is 75.8 Å². The minimum absolute atomic E-state index is 0.264. The molecule has 6 heteroatoms. The van der Waals surface area contributed by atoms with Crippen LogP contribution in [0.2, 0.25) is 0 Å². The molecular weight excluding hydrogens is 831 g/mol. The second-order valence-electron chi connectivity index (χ2n) is 19.7. The van der Waals surface area contributed by atoms with Gasteiger partial charge in [0, 0.05) is 94.4 Å². The van der Waals surface area contributed by atoms with Gasteiger partial charge in [0.25, 0.3) is 0 Å². The number of fused-ring (bicyclic) bond motifs is 13. The Labute approximate surface area is 395 Å². The maximum Gasteiger partial charge on any atom is 0.201 e. The molecule has 6 aliphatic carbocycles. The minimum atomic E-state index is -0.273. The fraction of sp³-hybridized carbons (Fsp3) is 0.210. The molecule has 8 aromatic rings. The molecule has 2 unspecified atom stereocenters. The molecule has 4 aromatic carbocycles. The van der Waals surface area contributed by atoms with E-state index in [-0.39, 0.29) is 12.3 Å². The summed E-state index contributed by atoms with van der Waals surface area (Å²) < 4.78 is 14.4. The highest BCUT2D eigenvalue weighted by Gasteiger charge is 2.34. The van der Waals surface area contributed by atoms with Crippen molar-refractivity contribution < 1.29 is 4.42 Å². The third kappa shape index (κ3) is 5.67. The lowest BCUT2D eigenvalue weighted by Gasteiger charge is -2.30. The van der Waals surface area contributed by atoms with E-state index in [2.05, 4.69) is 177 Å². The number of nitrogens with one attached hydrogen (secondary N) is 1. The van der Waals surface area contributed by atoms with Gasteiger partial charge in [-0.3, -0.25) is 0 Å². The molecule has 4 aromatic heterocycles. The number of nitrogens with zero attached hydrogens (tertiary/aromatic N) is 4. The average Bonchev–Trinajstić information content (AvgIpc) is 4.14. The van der Waals surface area contributed by atoms with Crippen molar-refractivity contribution in [2.45, 2.75) is 83.0 Å². The van der Waals surface area contributed by atoms with E-state index in [0.29, 0.717) is 0 Å². The summed E-state index contributed by atoms with van der Waals surface area (Å²) in [4.78, 5) is 5.68. The number of rotatable bonds is 5. The first kappa shape index (κ1) is 38.5. The number of benzene rings is 4. The van der Waals surface area contributed by atoms with Gasteiger partial charge in [0.05, 0.1) is 11.8 Å². The normalized spacial score (nSPS) is 19.6. The topological polar surface area (TPSA) is 52.3 Å². The van der Waals surface area contributed by atoms with E-state index >= 15 is 0 Å². The highest BCUT2D eigenvalue weighted by Crippen LogP contribution is 2.45. The van der Waals surface area contributed by atoms with Gasteiger partial charge in [-0.25, -0.2) is 4.99 Å². The Bertz CT molecular complexity index is 3810. The van der Waals surface area contributed by atoms with Gasteiger partial charge in [-0.1, -0.05) is 103 Å². The Kier molecular flexibility index (Phi) is 8.48. The van der Waals surface area contributed by atoms with Crippen molar-refractivity contribution in [2.75, 3.05) is 5.32 Å². The van der Waals surface area contributed by atoms with Crippen LogP contribution in [-0.2, 0) is 32.1 Å². The molecule has 0 amide bonds. The zero-order valence-electron chi connectivity index (χ0n) is 38.1. The molecule has 6 nitrogen and oxygen atoms in total. The zero-order chi connectivity index (χ0) is 44.5. The van der Waals surface area contributed by atoms with Crippen molar-refractivity contribution in [3.63, 3.8) is 0 Å². The molecule has 0 fully saturated rings. The van der Waals surface area contributed by atoms with Crippen LogP contribution in [0, 0.1) is 0 Å². The van der Waals surface area contributed by atoms with Gasteiger partial charge in [-0.15, -0.1) is 0 Å². The summed E-state index contributed by atoms with van der Waals surface area (Å²) in [6.45, 7) is 0. The number of anilines is 1. The van der Waals surface area contributed by atoms with Crippen LogP contribution in [0.5, 0.6) is 0 Å².